The Hall–Kier alpha value is -0.880. The van der Waals surface area contributed by atoms with Crippen molar-refractivity contribution in [1.29, 1.82) is 0 Å². The standard InChI is InChI=1S/C14H10Br2F2O2/c15-14(16)8-13(17,18)5-10(7-20)12(14)11-4-2-1-3-9(11)6-19/h1-4,6-7H,5,8H2. The fourth-order valence-electron chi connectivity index (χ4n) is 2.38. The molecule has 0 saturated heterocycles. The fraction of sp³-hybridized carbons (Fsp3) is 0.286. The SMILES string of the molecule is O=CC1=C(c2ccccc2C=O)C(Br)(Br)CC(F)(F)C1. The van der Waals surface area contributed by atoms with Crippen molar-refractivity contribution in [3.63, 3.8) is 0 Å². The minimum absolute atomic E-state index is 0.00991. The van der Waals surface area contributed by atoms with E-state index in [0.29, 0.717) is 29.3 Å². The predicted octanol–water partition coefficient (Wildman–Crippen LogP) is 4.37. The zero-order chi connectivity index (χ0) is 15.0. The van der Waals surface area contributed by atoms with E-state index in [1.165, 1.54) is 0 Å². The van der Waals surface area contributed by atoms with E-state index in [-0.39, 0.29) is 5.57 Å². The number of hydrogen-bond donors (Lipinski definition) is 0. The Morgan fingerprint density at radius 3 is 2.35 bits per heavy atom. The van der Waals surface area contributed by atoms with Crippen molar-refractivity contribution < 1.29 is 18.4 Å². The first kappa shape index (κ1) is 15.5. The first-order valence-corrected chi connectivity index (χ1v) is 7.38. The molecule has 0 N–H and O–H groups in total. The molecule has 0 atom stereocenters. The van der Waals surface area contributed by atoms with Crippen LogP contribution in [-0.2, 0) is 4.79 Å². The number of alkyl halides is 4. The van der Waals surface area contributed by atoms with Gasteiger partial charge in [-0.15, -0.1) is 0 Å². The van der Waals surface area contributed by atoms with Crippen LogP contribution in [0.5, 0.6) is 0 Å². The van der Waals surface area contributed by atoms with Gasteiger partial charge < -0.3 is 0 Å². The zero-order valence-corrected chi connectivity index (χ0v) is 13.4. The van der Waals surface area contributed by atoms with Crippen molar-refractivity contribution in [3.05, 3.63) is 41.0 Å². The van der Waals surface area contributed by atoms with Crippen LogP contribution in [0.15, 0.2) is 29.8 Å². The Morgan fingerprint density at radius 2 is 1.75 bits per heavy atom. The Bertz CT molecular complexity index is 595. The van der Waals surface area contributed by atoms with Crippen LogP contribution in [0.1, 0.15) is 28.8 Å². The van der Waals surface area contributed by atoms with Gasteiger partial charge in [-0.2, -0.15) is 0 Å². The number of carbonyl (C=O) groups is 2. The number of hydrogen-bond acceptors (Lipinski definition) is 2. The molecule has 1 aliphatic carbocycles. The molecule has 1 aliphatic rings. The van der Waals surface area contributed by atoms with Gasteiger partial charge >= 0.3 is 0 Å². The molecule has 0 spiro atoms. The van der Waals surface area contributed by atoms with Gasteiger partial charge in [0.05, 0.1) is 0 Å². The average molecular weight is 408 g/mol. The lowest BCUT2D eigenvalue weighted by molar-refractivity contribution is -0.106. The van der Waals surface area contributed by atoms with Gasteiger partial charge in [0.1, 0.15) is 9.52 Å². The van der Waals surface area contributed by atoms with Crippen LogP contribution >= 0.6 is 31.9 Å². The topological polar surface area (TPSA) is 34.1 Å². The van der Waals surface area contributed by atoms with Crippen molar-refractivity contribution in [2.75, 3.05) is 0 Å². The molecule has 6 heteroatoms. The average Bonchev–Trinajstić information content (AvgIpc) is 2.35. The van der Waals surface area contributed by atoms with Gasteiger partial charge in [-0.1, -0.05) is 56.1 Å². The number of aldehydes is 2. The number of carbonyl (C=O) groups excluding carboxylic acids is 2. The summed E-state index contributed by atoms with van der Waals surface area (Å²) in [5.74, 6) is -2.98. The number of benzene rings is 1. The van der Waals surface area contributed by atoms with Crippen LogP contribution in [0.3, 0.4) is 0 Å². The van der Waals surface area contributed by atoms with Gasteiger partial charge in [-0.3, -0.25) is 9.59 Å². The predicted molar refractivity (Wildman–Crippen MR) is 79.6 cm³/mol. The second kappa shape index (κ2) is 5.48. The van der Waals surface area contributed by atoms with Gasteiger partial charge in [0.25, 0.3) is 5.92 Å². The third-order valence-electron chi connectivity index (χ3n) is 3.12. The van der Waals surface area contributed by atoms with Crippen LogP contribution in [0, 0.1) is 0 Å². The number of halogens is 4. The summed E-state index contributed by atoms with van der Waals surface area (Å²) >= 11 is 6.44. The maximum Gasteiger partial charge on any atom is 0.254 e. The molecular formula is C14H10Br2F2O2. The van der Waals surface area contributed by atoms with E-state index in [1.807, 2.05) is 0 Å². The van der Waals surface area contributed by atoms with Crippen molar-refractivity contribution in [1.82, 2.24) is 0 Å². The monoisotopic (exact) mass is 406 g/mol. The molecule has 0 radical (unpaired) electrons. The third-order valence-corrected chi connectivity index (χ3v) is 4.47. The smallest absolute Gasteiger partial charge is 0.254 e. The first-order valence-electron chi connectivity index (χ1n) is 5.80. The number of rotatable bonds is 3. The van der Waals surface area contributed by atoms with E-state index in [4.69, 9.17) is 0 Å². The van der Waals surface area contributed by atoms with Gasteiger partial charge in [0.15, 0.2) is 6.29 Å². The Morgan fingerprint density at radius 1 is 1.10 bits per heavy atom. The second-order valence-corrected chi connectivity index (χ2v) is 8.41. The van der Waals surface area contributed by atoms with Crippen molar-refractivity contribution >= 4 is 50.0 Å². The summed E-state index contributed by atoms with van der Waals surface area (Å²) in [6, 6.07) is 6.60. The van der Waals surface area contributed by atoms with Gasteiger partial charge in [-0.05, 0) is 11.1 Å². The minimum atomic E-state index is -2.98. The van der Waals surface area contributed by atoms with Crippen LogP contribution in [0.25, 0.3) is 5.57 Å². The first-order chi connectivity index (χ1) is 9.30. The maximum atomic E-state index is 13.7. The minimum Gasteiger partial charge on any atom is -0.298 e. The molecular weight excluding hydrogens is 398 g/mol. The Balaban J connectivity index is 2.70. The molecule has 0 bridgehead atoms. The summed E-state index contributed by atoms with van der Waals surface area (Å²) < 4.78 is 26.1. The quantitative estimate of drug-likeness (QED) is 0.550. The summed E-state index contributed by atoms with van der Waals surface area (Å²) in [6.45, 7) is 0. The molecule has 0 saturated carbocycles. The molecule has 0 aromatic heterocycles. The highest BCUT2D eigenvalue weighted by Crippen LogP contribution is 2.54. The van der Waals surface area contributed by atoms with E-state index in [2.05, 4.69) is 31.9 Å². The molecule has 0 unspecified atom stereocenters. The van der Waals surface area contributed by atoms with E-state index in [9.17, 15) is 18.4 Å². The second-order valence-electron chi connectivity index (χ2n) is 4.64. The van der Waals surface area contributed by atoms with Crippen LogP contribution in [0.4, 0.5) is 8.78 Å². The normalized spacial score (nSPS) is 20.6. The lowest BCUT2D eigenvalue weighted by Gasteiger charge is -2.35. The van der Waals surface area contributed by atoms with E-state index in [0.717, 1.165) is 0 Å². The van der Waals surface area contributed by atoms with E-state index < -0.39 is 22.0 Å². The van der Waals surface area contributed by atoms with E-state index >= 15 is 0 Å². The summed E-state index contributed by atoms with van der Waals surface area (Å²) in [7, 11) is 0. The lowest BCUT2D eigenvalue weighted by atomic mass is 9.84. The van der Waals surface area contributed by atoms with Gasteiger partial charge in [0.2, 0.25) is 0 Å². The fourth-order valence-corrected chi connectivity index (χ4v) is 4.13. The van der Waals surface area contributed by atoms with Crippen LogP contribution in [-0.4, -0.2) is 21.7 Å². The molecule has 2 nitrogen and oxygen atoms in total. The van der Waals surface area contributed by atoms with Gasteiger partial charge in [0, 0.05) is 24.0 Å². The number of allylic oxidation sites excluding steroid dienone is 2. The molecule has 2 rings (SSSR count). The zero-order valence-electron chi connectivity index (χ0n) is 10.2. The summed E-state index contributed by atoms with van der Waals surface area (Å²) in [5, 5.41) is 0. The van der Waals surface area contributed by atoms with Gasteiger partial charge in [-0.25, -0.2) is 8.78 Å². The van der Waals surface area contributed by atoms with Crippen LogP contribution < -0.4 is 0 Å². The van der Waals surface area contributed by atoms with Crippen molar-refractivity contribution in [2.45, 2.75) is 22.0 Å². The molecule has 1 aromatic rings. The van der Waals surface area contributed by atoms with E-state index in [1.54, 1.807) is 24.3 Å². The summed E-state index contributed by atoms with van der Waals surface area (Å²) in [4.78, 5) is 22.3. The summed E-state index contributed by atoms with van der Waals surface area (Å²) in [5.41, 5.74) is 1.22. The highest BCUT2D eigenvalue weighted by Gasteiger charge is 2.48. The molecule has 1 aromatic carbocycles. The molecule has 106 valence electrons. The molecule has 20 heavy (non-hydrogen) atoms. The third kappa shape index (κ3) is 2.91. The van der Waals surface area contributed by atoms with Crippen molar-refractivity contribution in [3.8, 4) is 0 Å². The van der Waals surface area contributed by atoms with Crippen molar-refractivity contribution in [2.24, 2.45) is 0 Å². The molecule has 0 heterocycles. The Labute approximate surface area is 131 Å². The molecule has 0 aliphatic heterocycles. The molecule has 0 fully saturated rings. The Kier molecular flexibility index (Phi) is 4.25. The highest BCUT2D eigenvalue weighted by atomic mass is 79.9. The van der Waals surface area contributed by atoms with Crippen LogP contribution in [0.2, 0.25) is 0 Å². The largest absolute Gasteiger partial charge is 0.298 e. The molecule has 0 amide bonds. The maximum absolute atomic E-state index is 13.7. The highest BCUT2D eigenvalue weighted by molar-refractivity contribution is 9.25. The lowest BCUT2D eigenvalue weighted by Crippen LogP contribution is -2.34. The summed E-state index contributed by atoms with van der Waals surface area (Å²) in [6.07, 6.45) is -0.0489.